The number of urea groups is 1. The topological polar surface area (TPSA) is 122 Å². The van der Waals surface area contributed by atoms with Crippen molar-refractivity contribution in [3.05, 3.63) is 53.9 Å². The summed E-state index contributed by atoms with van der Waals surface area (Å²) in [6, 6.07) is 10.9. The Morgan fingerprint density at radius 1 is 1.19 bits per heavy atom. The molecule has 3 amide bonds. The number of carbonyl (C=O) groups is 2. The number of piperazine rings is 1. The Morgan fingerprint density at radius 2 is 1.97 bits per heavy atom. The molecule has 10 nitrogen and oxygen atoms in total. The number of carbonyl (C=O) groups excluding carboxylic acids is 2. The minimum Gasteiger partial charge on any atom is -0.497 e. The van der Waals surface area contributed by atoms with Gasteiger partial charge in [0.15, 0.2) is 0 Å². The molecule has 2 aliphatic rings. The number of hydrazine groups is 1. The molecule has 10 heteroatoms. The molecule has 0 radical (unpaired) electrons. The zero-order chi connectivity index (χ0) is 22.5. The molecule has 0 aliphatic carbocycles. The summed E-state index contributed by atoms with van der Waals surface area (Å²) in [4.78, 5) is 33.4. The number of nitrogens with zero attached hydrogens (tertiary/aromatic N) is 3. The van der Waals surface area contributed by atoms with Crippen molar-refractivity contribution in [3.8, 4) is 5.75 Å². The molecule has 1 aromatic heterocycles. The van der Waals surface area contributed by atoms with Crippen molar-refractivity contribution in [3.63, 3.8) is 0 Å². The molecule has 4 N–H and O–H groups in total. The molecular weight excluding hydrogens is 412 g/mol. The average Bonchev–Trinajstić information content (AvgIpc) is 2.78. The minimum absolute atomic E-state index is 0.0655. The van der Waals surface area contributed by atoms with E-state index < -0.39 is 5.91 Å². The monoisotopic (exact) mass is 440 g/mol. The second kappa shape index (κ2) is 9.94. The van der Waals surface area contributed by atoms with Crippen molar-refractivity contribution in [1.82, 2.24) is 20.2 Å². The molecule has 2 fully saturated rings. The van der Waals surface area contributed by atoms with Gasteiger partial charge in [0.05, 0.1) is 38.0 Å². The molecule has 1 aromatic carbocycles. The third-order valence-electron chi connectivity index (χ3n) is 5.92. The normalized spacial score (nSPS) is 19.2. The summed E-state index contributed by atoms with van der Waals surface area (Å²) >= 11 is 0. The summed E-state index contributed by atoms with van der Waals surface area (Å²) in [5, 5.41) is 2.98. The van der Waals surface area contributed by atoms with Crippen LogP contribution in [0.2, 0.25) is 0 Å². The van der Waals surface area contributed by atoms with E-state index in [0.717, 1.165) is 37.7 Å². The van der Waals surface area contributed by atoms with Gasteiger partial charge in [-0.3, -0.25) is 20.1 Å². The Balaban J connectivity index is 1.47. The van der Waals surface area contributed by atoms with Gasteiger partial charge in [0, 0.05) is 43.6 Å². The number of pyridine rings is 1. The molecule has 3 heterocycles. The van der Waals surface area contributed by atoms with E-state index in [4.69, 9.17) is 15.3 Å². The molecule has 2 aromatic rings. The average molecular weight is 441 g/mol. The van der Waals surface area contributed by atoms with Crippen LogP contribution in [0.4, 0.5) is 10.5 Å². The van der Waals surface area contributed by atoms with Gasteiger partial charge in [0.1, 0.15) is 5.75 Å². The van der Waals surface area contributed by atoms with Crippen LogP contribution in [-0.4, -0.2) is 78.8 Å². The first kappa shape index (κ1) is 22.0. The van der Waals surface area contributed by atoms with E-state index in [0.29, 0.717) is 30.3 Å². The second-order valence-corrected chi connectivity index (χ2v) is 7.91. The third-order valence-corrected chi connectivity index (χ3v) is 5.92. The molecule has 2 saturated heterocycles. The smallest absolute Gasteiger partial charge is 0.322 e. The first-order chi connectivity index (χ1) is 15.6. The van der Waals surface area contributed by atoms with Crippen LogP contribution in [0, 0.1) is 0 Å². The van der Waals surface area contributed by atoms with Crippen molar-refractivity contribution in [2.24, 2.45) is 5.84 Å². The fourth-order valence-corrected chi connectivity index (χ4v) is 3.96. The highest BCUT2D eigenvalue weighted by Crippen LogP contribution is 2.22. The van der Waals surface area contributed by atoms with Crippen molar-refractivity contribution in [2.45, 2.75) is 18.5 Å². The first-order valence-corrected chi connectivity index (χ1v) is 10.6. The largest absolute Gasteiger partial charge is 0.497 e. The molecule has 1 atom stereocenters. The van der Waals surface area contributed by atoms with E-state index in [-0.39, 0.29) is 12.1 Å². The quantitative estimate of drug-likeness (QED) is 0.346. The zero-order valence-electron chi connectivity index (χ0n) is 18.0. The van der Waals surface area contributed by atoms with Gasteiger partial charge in [0.25, 0.3) is 5.91 Å². The number of rotatable bonds is 6. The zero-order valence-corrected chi connectivity index (χ0v) is 18.0. The number of anilines is 1. The van der Waals surface area contributed by atoms with Crippen LogP contribution >= 0.6 is 0 Å². The Kier molecular flexibility index (Phi) is 6.84. The van der Waals surface area contributed by atoms with Crippen molar-refractivity contribution in [2.75, 3.05) is 45.3 Å². The highest BCUT2D eigenvalue weighted by atomic mass is 16.5. The van der Waals surface area contributed by atoms with E-state index in [1.54, 1.807) is 19.2 Å². The lowest BCUT2D eigenvalue weighted by Crippen LogP contribution is -2.62. The number of nitrogen functional groups attached to an aromatic ring is 1. The third kappa shape index (κ3) is 4.98. The van der Waals surface area contributed by atoms with Gasteiger partial charge in [-0.25, -0.2) is 10.6 Å². The maximum absolute atomic E-state index is 13.1. The van der Waals surface area contributed by atoms with Gasteiger partial charge in [-0.2, -0.15) is 0 Å². The number of benzene rings is 1. The molecule has 170 valence electrons. The first-order valence-electron chi connectivity index (χ1n) is 10.6. The van der Waals surface area contributed by atoms with Gasteiger partial charge >= 0.3 is 6.03 Å². The molecule has 0 spiro atoms. The Labute approximate surface area is 186 Å². The van der Waals surface area contributed by atoms with E-state index in [2.05, 4.69) is 20.6 Å². The Morgan fingerprint density at radius 3 is 2.56 bits per heavy atom. The number of amides is 3. The summed E-state index contributed by atoms with van der Waals surface area (Å²) in [6.45, 7) is 3.59. The van der Waals surface area contributed by atoms with Crippen LogP contribution in [0.15, 0.2) is 42.6 Å². The minimum atomic E-state index is -0.390. The summed E-state index contributed by atoms with van der Waals surface area (Å²) in [7, 11) is 1.60. The van der Waals surface area contributed by atoms with Gasteiger partial charge in [-0.1, -0.05) is 0 Å². The Hall–Kier alpha value is -3.21. The van der Waals surface area contributed by atoms with Gasteiger partial charge in [0.2, 0.25) is 0 Å². The predicted octanol–water partition coefficient (Wildman–Crippen LogP) is 0.853. The van der Waals surface area contributed by atoms with Crippen LogP contribution in [0.5, 0.6) is 5.75 Å². The van der Waals surface area contributed by atoms with Crippen LogP contribution in [0.25, 0.3) is 0 Å². The summed E-state index contributed by atoms with van der Waals surface area (Å²) in [6.07, 6.45) is 2.07. The Bertz CT molecular complexity index is 932. The lowest BCUT2D eigenvalue weighted by atomic mass is 10.0. The molecule has 2 aliphatic heterocycles. The van der Waals surface area contributed by atoms with E-state index >= 15 is 0 Å². The molecule has 0 saturated carbocycles. The summed E-state index contributed by atoms with van der Waals surface area (Å²) < 4.78 is 10.5. The molecule has 32 heavy (non-hydrogen) atoms. The molecule has 1 unspecified atom stereocenters. The highest BCUT2D eigenvalue weighted by molar-refractivity contribution is 5.93. The van der Waals surface area contributed by atoms with Crippen molar-refractivity contribution >= 4 is 17.6 Å². The van der Waals surface area contributed by atoms with E-state index in [9.17, 15) is 9.59 Å². The number of hydrogen-bond donors (Lipinski definition) is 3. The lowest BCUT2D eigenvalue weighted by molar-refractivity contribution is -0.0812. The molecule has 4 rings (SSSR count). The van der Waals surface area contributed by atoms with Crippen LogP contribution < -0.4 is 21.3 Å². The number of hydrogen-bond acceptors (Lipinski definition) is 7. The SMILES string of the molecule is COc1ccc(NC(=O)N2CCN(C3COC3)CC2Cc2ccc(C(=O)NN)cn2)cc1. The number of ether oxygens (including phenoxy) is 2. The second-order valence-electron chi connectivity index (χ2n) is 7.91. The lowest BCUT2D eigenvalue weighted by Gasteiger charge is -2.46. The van der Waals surface area contributed by atoms with E-state index in [1.165, 1.54) is 6.20 Å². The van der Waals surface area contributed by atoms with Crippen LogP contribution in [-0.2, 0) is 11.2 Å². The van der Waals surface area contributed by atoms with Gasteiger partial charge in [-0.05, 0) is 36.4 Å². The van der Waals surface area contributed by atoms with Crippen LogP contribution in [0.1, 0.15) is 16.1 Å². The summed E-state index contributed by atoms with van der Waals surface area (Å²) in [5.41, 5.74) is 4.00. The maximum atomic E-state index is 13.1. The highest BCUT2D eigenvalue weighted by Gasteiger charge is 2.36. The van der Waals surface area contributed by atoms with Crippen molar-refractivity contribution < 1.29 is 19.1 Å². The number of methoxy groups -OCH3 is 1. The maximum Gasteiger partial charge on any atom is 0.322 e. The number of aromatic nitrogens is 1. The van der Waals surface area contributed by atoms with Gasteiger partial charge < -0.3 is 19.7 Å². The number of nitrogens with one attached hydrogen (secondary N) is 2. The molecular formula is C22H28N6O4. The fraction of sp³-hybridized carbons (Fsp3) is 0.409. The summed E-state index contributed by atoms with van der Waals surface area (Å²) in [5.74, 6) is 5.52. The van der Waals surface area contributed by atoms with Crippen LogP contribution in [0.3, 0.4) is 0 Å². The van der Waals surface area contributed by atoms with E-state index in [1.807, 2.05) is 29.2 Å². The fourth-order valence-electron chi connectivity index (χ4n) is 3.96. The standard InChI is InChI=1S/C22H28N6O4/c1-31-20-6-4-16(5-7-20)25-22(30)28-9-8-27(19-13-32-14-19)12-18(28)10-17-3-2-15(11-24-17)21(29)26-23/h2-7,11,18-19H,8-10,12-14,23H2,1H3,(H,25,30)(H,26,29). The number of nitrogens with two attached hydrogens (primary N) is 1. The predicted molar refractivity (Wildman–Crippen MR) is 118 cm³/mol. The van der Waals surface area contributed by atoms with Crippen molar-refractivity contribution in [1.29, 1.82) is 0 Å². The molecule has 0 bridgehead atoms. The van der Waals surface area contributed by atoms with Gasteiger partial charge in [-0.15, -0.1) is 0 Å².